The number of esters is 2. The van der Waals surface area contributed by atoms with Gasteiger partial charge < -0.3 is 23.4 Å². The first-order valence-electron chi connectivity index (χ1n) is 11.2. The number of ether oxygens (including phenoxy) is 4. The lowest BCUT2D eigenvalue weighted by Crippen LogP contribution is -2.12. The maximum atomic E-state index is 13.1. The van der Waals surface area contributed by atoms with Gasteiger partial charge in [0.15, 0.2) is 0 Å². The van der Waals surface area contributed by atoms with E-state index in [4.69, 9.17) is 23.4 Å². The van der Waals surface area contributed by atoms with Gasteiger partial charge in [0, 0.05) is 6.07 Å². The fourth-order valence-electron chi connectivity index (χ4n) is 3.52. The molecule has 1 aromatic heterocycles. The van der Waals surface area contributed by atoms with Crippen LogP contribution in [0.15, 0.2) is 75.9 Å². The van der Waals surface area contributed by atoms with E-state index >= 15 is 0 Å². The summed E-state index contributed by atoms with van der Waals surface area (Å²) >= 11 is 0. The summed E-state index contributed by atoms with van der Waals surface area (Å²) < 4.78 is 27.1. The highest BCUT2D eigenvalue weighted by Gasteiger charge is 2.16. The number of carbonyl (C=O) groups excluding carboxylic acids is 2. The molecule has 0 bridgehead atoms. The van der Waals surface area contributed by atoms with Crippen molar-refractivity contribution < 1.29 is 33.0 Å². The van der Waals surface area contributed by atoms with Gasteiger partial charge >= 0.3 is 11.9 Å². The average Bonchev–Trinajstić information content (AvgIpc) is 2.87. The molecule has 0 saturated carbocycles. The maximum Gasteiger partial charge on any atom is 0.338 e. The van der Waals surface area contributed by atoms with Crippen LogP contribution in [0, 0.1) is 6.92 Å². The van der Waals surface area contributed by atoms with Crippen LogP contribution in [0.1, 0.15) is 28.6 Å². The molecule has 36 heavy (non-hydrogen) atoms. The van der Waals surface area contributed by atoms with Crippen molar-refractivity contribution in [2.24, 2.45) is 0 Å². The molecule has 0 fully saturated rings. The fraction of sp³-hybridized carbons (Fsp3) is 0.179. The van der Waals surface area contributed by atoms with E-state index in [1.54, 1.807) is 69.5 Å². The van der Waals surface area contributed by atoms with Crippen LogP contribution in [-0.2, 0) is 16.0 Å². The van der Waals surface area contributed by atoms with E-state index in [-0.39, 0.29) is 46.7 Å². The third-order valence-electron chi connectivity index (χ3n) is 5.31. The molecule has 0 aliphatic rings. The van der Waals surface area contributed by atoms with Crippen LogP contribution in [0.4, 0.5) is 0 Å². The van der Waals surface area contributed by atoms with E-state index < -0.39 is 11.9 Å². The third kappa shape index (κ3) is 5.55. The Morgan fingerprint density at radius 2 is 1.56 bits per heavy atom. The van der Waals surface area contributed by atoms with Gasteiger partial charge in [0.25, 0.3) is 0 Å². The van der Waals surface area contributed by atoms with Crippen LogP contribution in [0.2, 0.25) is 0 Å². The van der Waals surface area contributed by atoms with E-state index in [1.807, 2.05) is 0 Å². The van der Waals surface area contributed by atoms with E-state index in [2.05, 4.69) is 0 Å². The molecule has 0 aliphatic heterocycles. The quantitative estimate of drug-likeness (QED) is 0.246. The van der Waals surface area contributed by atoms with Crippen LogP contribution >= 0.6 is 0 Å². The summed E-state index contributed by atoms with van der Waals surface area (Å²) in [5.41, 5.74) is 1.04. The Kier molecular flexibility index (Phi) is 7.34. The average molecular weight is 488 g/mol. The topological polar surface area (TPSA) is 101 Å². The predicted octanol–water partition coefficient (Wildman–Crippen LogP) is 5.23. The van der Waals surface area contributed by atoms with Gasteiger partial charge in [-0.3, -0.25) is 9.59 Å². The van der Waals surface area contributed by atoms with Gasteiger partial charge in [-0.1, -0.05) is 12.1 Å². The van der Waals surface area contributed by atoms with Crippen LogP contribution in [0.5, 0.6) is 23.0 Å². The molecular weight excluding hydrogens is 464 g/mol. The smallest absolute Gasteiger partial charge is 0.338 e. The Balaban J connectivity index is 1.50. The van der Waals surface area contributed by atoms with Crippen molar-refractivity contribution in [3.8, 4) is 23.0 Å². The Labute approximate surface area is 207 Å². The number of rotatable bonds is 8. The van der Waals surface area contributed by atoms with Crippen molar-refractivity contribution in [3.63, 3.8) is 0 Å². The molecule has 0 saturated heterocycles. The van der Waals surface area contributed by atoms with Crippen molar-refractivity contribution in [3.05, 3.63) is 93.8 Å². The number of benzene rings is 3. The zero-order valence-corrected chi connectivity index (χ0v) is 20.0. The Morgan fingerprint density at radius 1 is 0.889 bits per heavy atom. The van der Waals surface area contributed by atoms with Gasteiger partial charge in [0.05, 0.1) is 31.1 Å². The zero-order valence-electron chi connectivity index (χ0n) is 20.0. The fourth-order valence-corrected chi connectivity index (χ4v) is 3.52. The van der Waals surface area contributed by atoms with Gasteiger partial charge in [-0.25, -0.2) is 4.79 Å². The van der Waals surface area contributed by atoms with Gasteiger partial charge in [0.1, 0.15) is 28.6 Å². The van der Waals surface area contributed by atoms with Gasteiger partial charge in [0.2, 0.25) is 11.2 Å². The van der Waals surface area contributed by atoms with Crippen molar-refractivity contribution in [2.45, 2.75) is 20.3 Å². The van der Waals surface area contributed by atoms with Crippen molar-refractivity contribution in [1.82, 2.24) is 0 Å². The molecule has 0 unspecified atom stereocenters. The summed E-state index contributed by atoms with van der Waals surface area (Å²) in [7, 11) is 1.57. The minimum absolute atomic E-state index is 0.0237. The molecule has 4 aromatic rings. The summed E-state index contributed by atoms with van der Waals surface area (Å²) in [6.07, 6.45) is 0.0761. The van der Waals surface area contributed by atoms with E-state index in [1.165, 1.54) is 18.2 Å². The largest absolute Gasteiger partial charge is 0.497 e. The second kappa shape index (κ2) is 10.8. The van der Waals surface area contributed by atoms with Crippen LogP contribution in [0.25, 0.3) is 11.0 Å². The Bertz CT molecular complexity index is 1450. The highest BCUT2D eigenvalue weighted by Crippen LogP contribution is 2.28. The first-order valence-corrected chi connectivity index (χ1v) is 11.2. The van der Waals surface area contributed by atoms with Crippen LogP contribution in [-0.4, -0.2) is 25.7 Å². The number of fused-ring (bicyclic) bond motifs is 1. The maximum absolute atomic E-state index is 13.1. The van der Waals surface area contributed by atoms with Crippen LogP contribution in [0.3, 0.4) is 0 Å². The molecule has 8 heteroatoms. The molecule has 0 atom stereocenters. The molecule has 0 amide bonds. The number of methoxy groups -OCH3 is 1. The molecule has 3 aromatic carbocycles. The molecule has 0 aliphatic carbocycles. The van der Waals surface area contributed by atoms with Gasteiger partial charge in [-0.05, 0) is 67.9 Å². The molecule has 1 heterocycles. The number of carbonyl (C=O) groups is 2. The summed E-state index contributed by atoms with van der Waals surface area (Å²) in [5, 5.41) is 0.272. The first kappa shape index (κ1) is 24.5. The molecule has 0 spiro atoms. The lowest BCUT2D eigenvalue weighted by atomic mass is 10.1. The van der Waals surface area contributed by atoms with Crippen LogP contribution < -0.4 is 19.6 Å². The molecule has 4 rings (SSSR count). The Hall–Kier alpha value is -4.59. The van der Waals surface area contributed by atoms with Crippen molar-refractivity contribution in [1.29, 1.82) is 0 Å². The summed E-state index contributed by atoms with van der Waals surface area (Å²) in [5.74, 6) is 0.702. The van der Waals surface area contributed by atoms with Crippen molar-refractivity contribution in [2.75, 3.05) is 13.7 Å². The number of hydrogen-bond donors (Lipinski definition) is 0. The molecule has 0 radical (unpaired) electrons. The molecule has 184 valence electrons. The standard InChI is InChI=1S/C28H24O8/c1-4-33-28(31)19-7-11-21(12-8-19)36-27-17(2)34-24-16-22(13-14-23(24)26(27)30)35-25(29)15-18-5-9-20(32-3)10-6-18/h5-14,16H,4,15H2,1-3H3. The monoisotopic (exact) mass is 488 g/mol. The Morgan fingerprint density at radius 3 is 2.22 bits per heavy atom. The van der Waals surface area contributed by atoms with E-state index in [0.29, 0.717) is 17.1 Å². The minimum atomic E-state index is -0.454. The number of aryl methyl sites for hydroxylation is 1. The molecular formula is C28H24O8. The van der Waals surface area contributed by atoms with E-state index in [0.717, 1.165) is 5.56 Å². The predicted molar refractivity (Wildman–Crippen MR) is 132 cm³/mol. The van der Waals surface area contributed by atoms with E-state index in [9.17, 15) is 14.4 Å². The third-order valence-corrected chi connectivity index (χ3v) is 5.31. The summed E-state index contributed by atoms with van der Waals surface area (Å²) in [6, 6.07) is 17.9. The lowest BCUT2D eigenvalue weighted by Gasteiger charge is -2.10. The second-order valence-corrected chi connectivity index (χ2v) is 7.82. The highest BCUT2D eigenvalue weighted by molar-refractivity contribution is 5.89. The highest BCUT2D eigenvalue weighted by atomic mass is 16.5. The summed E-state index contributed by atoms with van der Waals surface area (Å²) in [4.78, 5) is 37.2. The normalized spacial score (nSPS) is 10.6. The number of hydrogen-bond acceptors (Lipinski definition) is 8. The van der Waals surface area contributed by atoms with Gasteiger partial charge in [-0.2, -0.15) is 0 Å². The zero-order chi connectivity index (χ0) is 25.7. The van der Waals surface area contributed by atoms with Gasteiger partial charge in [-0.15, -0.1) is 0 Å². The molecule has 8 nitrogen and oxygen atoms in total. The lowest BCUT2D eigenvalue weighted by molar-refractivity contribution is -0.133. The minimum Gasteiger partial charge on any atom is -0.497 e. The SMILES string of the molecule is CCOC(=O)c1ccc(Oc2c(C)oc3cc(OC(=O)Cc4ccc(OC)cc4)ccc3c2=O)cc1. The molecule has 0 N–H and O–H groups in total. The van der Waals surface area contributed by atoms with Crippen molar-refractivity contribution >= 4 is 22.9 Å². The first-order chi connectivity index (χ1) is 17.4. The summed E-state index contributed by atoms with van der Waals surface area (Å²) in [6.45, 7) is 3.61. The second-order valence-electron chi connectivity index (χ2n) is 7.82.